The Kier molecular flexibility index (Phi) is 10.0. The molecule has 0 saturated carbocycles. The summed E-state index contributed by atoms with van der Waals surface area (Å²) in [4.78, 5) is 27.9. The van der Waals surface area contributed by atoms with Crippen LogP contribution in [-0.4, -0.2) is 69.5 Å². The highest BCUT2D eigenvalue weighted by atomic mass is 19.3. The van der Waals surface area contributed by atoms with Crippen LogP contribution in [0.5, 0.6) is 0 Å². The Hall–Kier alpha value is -4.25. The number of aryl methyl sites for hydroxylation is 2. The topological polar surface area (TPSA) is 107 Å². The third kappa shape index (κ3) is 7.78. The molecule has 0 unspecified atom stereocenters. The summed E-state index contributed by atoms with van der Waals surface area (Å²) >= 11 is 0. The predicted molar refractivity (Wildman–Crippen MR) is 161 cm³/mol. The molecule has 226 valence electrons. The van der Waals surface area contributed by atoms with Crippen LogP contribution in [0.15, 0.2) is 60.9 Å². The van der Waals surface area contributed by atoms with Crippen molar-refractivity contribution in [2.24, 2.45) is 0 Å². The molecule has 1 aliphatic heterocycles. The Morgan fingerprint density at radius 1 is 1.12 bits per heavy atom. The summed E-state index contributed by atoms with van der Waals surface area (Å²) in [6.07, 6.45) is 5.51. The lowest BCUT2D eigenvalue weighted by Gasteiger charge is -2.24. The second-order valence-corrected chi connectivity index (χ2v) is 10.9. The van der Waals surface area contributed by atoms with Crippen LogP contribution in [0.2, 0.25) is 0 Å². The van der Waals surface area contributed by atoms with Crippen molar-refractivity contribution in [3.8, 4) is 11.4 Å². The number of nitrogens with zero attached hydrogens (tertiary/aromatic N) is 5. The third-order valence-electron chi connectivity index (χ3n) is 7.76. The van der Waals surface area contributed by atoms with E-state index >= 15 is 0 Å². The second-order valence-electron chi connectivity index (χ2n) is 10.9. The molecule has 43 heavy (non-hydrogen) atoms. The monoisotopic (exact) mass is 590 g/mol. The van der Waals surface area contributed by atoms with Crippen molar-refractivity contribution in [3.05, 3.63) is 72.2 Å². The average molecular weight is 591 g/mol. The first-order valence-corrected chi connectivity index (χ1v) is 14.8. The molecule has 1 atom stereocenters. The third-order valence-corrected chi connectivity index (χ3v) is 7.76. The molecule has 4 aromatic rings. The summed E-state index contributed by atoms with van der Waals surface area (Å²) in [6.45, 7) is 2.81. The largest absolute Gasteiger partial charge is 0.370 e. The fourth-order valence-corrected chi connectivity index (χ4v) is 5.47. The molecular weight excluding hydrogens is 552 g/mol. The lowest BCUT2D eigenvalue weighted by Crippen LogP contribution is -2.43. The van der Waals surface area contributed by atoms with Crippen LogP contribution in [0, 0.1) is 0 Å². The Morgan fingerprint density at radius 3 is 2.77 bits per heavy atom. The van der Waals surface area contributed by atoms with E-state index < -0.39 is 12.5 Å². The summed E-state index contributed by atoms with van der Waals surface area (Å²) in [7, 11) is 0. The molecule has 0 spiro atoms. The van der Waals surface area contributed by atoms with Gasteiger partial charge in [-0.15, -0.1) is 0 Å². The number of fused-ring (bicyclic) bond motifs is 2. The van der Waals surface area contributed by atoms with Gasteiger partial charge in [0, 0.05) is 37.6 Å². The number of hydrogen-bond donors (Lipinski definition) is 3. The lowest BCUT2D eigenvalue weighted by atomic mass is 10.1. The minimum absolute atomic E-state index is 0.159. The molecule has 3 N–H and O–H groups in total. The molecule has 3 aromatic heterocycles. The van der Waals surface area contributed by atoms with Crippen LogP contribution >= 0.6 is 0 Å². The highest BCUT2D eigenvalue weighted by Gasteiger charge is 2.27. The van der Waals surface area contributed by atoms with Gasteiger partial charge in [0.05, 0.1) is 17.5 Å². The Morgan fingerprint density at radius 2 is 1.98 bits per heavy atom. The van der Waals surface area contributed by atoms with Crippen molar-refractivity contribution in [1.82, 2.24) is 19.9 Å². The standard InChI is InChI=1S/C32H37F2N7O2/c1-22(42)27(38-32-26-11-2-3-12-28(26)39-31(41(32)43)24-9-6-16-35-20-24)15-19-40(21-29(33)34)18-5-4-10-25-14-13-23-8-7-17-36-30(23)37-25/h2-3,6,9,11-14,16,20,27,29,43H,4-5,7-8,10,15,17-19,21H2,1H3,(H,36,37)/p+1/t27-/m0/s1. The van der Waals surface area contributed by atoms with Gasteiger partial charge in [0.15, 0.2) is 11.3 Å². The van der Waals surface area contributed by atoms with Crippen molar-refractivity contribution < 1.29 is 23.5 Å². The smallest absolute Gasteiger partial charge is 0.309 e. The molecule has 0 aliphatic carbocycles. The molecule has 0 saturated heterocycles. The maximum Gasteiger partial charge on any atom is 0.309 e. The van der Waals surface area contributed by atoms with E-state index in [2.05, 4.69) is 32.7 Å². The minimum Gasteiger partial charge on any atom is -0.370 e. The van der Waals surface area contributed by atoms with Crippen LogP contribution < -0.4 is 15.4 Å². The van der Waals surface area contributed by atoms with Gasteiger partial charge in [0.2, 0.25) is 0 Å². The number of Topliss-reactive ketones (excluding diaryl/α,β-unsaturated/α-hetero) is 1. The number of ketones is 1. The summed E-state index contributed by atoms with van der Waals surface area (Å²) in [6, 6.07) is 14.3. The van der Waals surface area contributed by atoms with E-state index in [-0.39, 0.29) is 18.2 Å². The van der Waals surface area contributed by atoms with Crippen molar-refractivity contribution in [2.75, 3.05) is 36.8 Å². The van der Waals surface area contributed by atoms with Crippen LogP contribution in [0.3, 0.4) is 0 Å². The van der Waals surface area contributed by atoms with Gasteiger partial charge < -0.3 is 10.5 Å². The summed E-state index contributed by atoms with van der Waals surface area (Å²) in [5.74, 6) is 1.37. The van der Waals surface area contributed by atoms with E-state index in [4.69, 9.17) is 4.98 Å². The molecular formula is C32H38F2N7O2+. The highest BCUT2D eigenvalue weighted by molar-refractivity contribution is 5.91. The number of unbranched alkanes of at least 4 members (excludes halogenated alkanes) is 1. The van der Waals surface area contributed by atoms with Gasteiger partial charge in [-0.25, -0.2) is 13.8 Å². The first kappa shape index (κ1) is 30.2. The van der Waals surface area contributed by atoms with E-state index in [9.17, 15) is 18.8 Å². The SMILES string of the molecule is CC(=O)[C@H](CCN(CCCCc1ccc2c(n1)NCCC2)CC(F)F)Nc1c2ccccc2nc(-c2cccnc2)[n+]1O. The number of aromatic nitrogens is 4. The number of carbonyl (C=O) groups is 1. The van der Waals surface area contributed by atoms with Gasteiger partial charge in [-0.05, 0) is 81.5 Å². The van der Waals surface area contributed by atoms with Crippen LogP contribution in [-0.2, 0) is 17.6 Å². The van der Waals surface area contributed by atoms with Crippen LogP contribution in [0.1, 0.15) is 43.9 Å². The minimum atomic E-state index is -2.48. The fraction of sp³-hybridized carbons (Fsp3) is 0.406. The molecule has 1 aliphatic rings. The summed E-state index contributed by atoms with van der Waals surface area (Å²) in [5.41, 5.74) is 3.47. The zero-order valence-electron chi connectivity index (χ0n) is 24.3. The number of hydrogen-bond acceptors (Lipinski definition) is 8. The Bertz CT molecular complexity index is 1540. The number of halogens is 2. The Balaban J connectivity index is 1.25. The summed E-state index contributed by atoms with van der Waals surface area (Å²) < 4.78 is 27.9. The molecule has 1 aromatic carbocycles. The number of rotatable bonds is 14. The second kappa shape index (κ2) is 14.3. The average Bonchev–Trinajstić information content (AvgIpc) is 3.01. The predicted octanol–water partition coefficient (Wildman–Crippen LogP) is 4.92. The molecule has 9 nitrogen and oxygen atoms in total. The van der Waals surface area contributed by atoms with Crippen LogP contribution in [0.4, 0.5) is 20.4 Å². The molecule has 0 amide bonds. The first-order chi connectivity index (χ1) is 20.9. The highest BCUT2D eigenvalue weighted by Crippen LogP contribution is 2.24. The number of benzene rings is 1. The van der Waals surface area contributed by atoms with Gasteiger partial charge >= 0.3 is 5.82 Å². The molecule has 4 heterocycles. The number of pyridine rings is 2. The maximum absolute atomic E-state index is 13.5. The van der Waals surface area contributed by atoms with Crippen molar-refractivity contribution in [2.45, 2.75) is 57.9 Å². The van der Waals surface area contributed by atoms with E-state index in [1.54, 1.807) is 35.5 Å². The van der Waals surface area contributed by atoms with Crippen molar-refractivity contribution in [3.63, 3.8) is 0 Å². The number of alkyl halides is 2. The molecule has 0 fully saturated rings. The van der Waals surface area contributed by atoms with Crippen molar-refractivity contribution in [1.29, 1.82) is 0 Å². The van der Waals surface area contributed by atoms with E-state index in [0.29, 0.717) is 41.8 Å². The lowest BCUT2D eigenvalue weighted by molar-refractivity contribution is -0.885. The molecule has 11 heteroatoms. The summed E-state index contributed by atoms with van der Waals surface area (Å²) in [5, 5.41) is 18.4. The van der Waals surface area contributed by atoms with Gasteiger partial charge in [-0.3, -0.25) is 20.0 Å². The van der Waals surface area contributed by atoms with Crippen LogP contribution in [0.25, 0.3) is 22.3 Å². The molecule has 0 radical (unpaired) electrons. The number of anilines is 2. The van der Waals surface area contributed by atoms with Gasteiger partial charge in [0.1, 0.15) is 11.9 Å². The quantitative estimate of drug-likeness (QED) is 0.108. The molecule has 5 rings (SSSR count). The van der Waals surface area contributed by atoms with Gasteiger partial charge in [0.25, 0.3) is 12.2 Å². The number of para-hydroxylation sites is 1. The fourth-order valence-electron chi connectivity index (χ4n) is 5.47. The van der Waals surface area contributed by atoms with E-state index in [1.807, 2.05) is 18.2 Å². The number of carbonyl (C=O) groups excluding carboxylic acids is 1. The zero-order valence-corrected chi connectivity index (χ0v) is 24.3. The number of nitrogens with one attached hydrogen (secondary N) is 2. The zero-order chi connectivity index (χ0) is 30.2. The van der Waals surface area contributed by atoms with E-state index in [0.717, 1.165) is 54.9 Å². The normalized spacial score (nSPS) is 13.6. The molecule has 0 bridgehead atoms. The first-order valence-electron chi connectivity index (χ1n) is 14.8. The van der Waals surface area contributed by atoms with E-state index in [1.165, 1.54) is 12.5 Å². The van der Waals surface area contributed by atoms with Gasteiger partial charge in [-0.1, -0.05) is 27.9 Å². The van der Waals surface area contributed by atoms with Crippen molar-refractivity contribution >= 4 is 28.3 Å². The van der Waals surface area contributed by atoms with Gasteiger partial charge in [-0.2, -0.15) is 0 Å². The maximum atomic E-state index is 13.5. The Labute approximate surface area is 250 Å².